The minimum Gasteiger partial charge on any atom is -0.448 e. The predicted molar refractivity (Wildman–Crippen MR) is 54.6 cm³/mol. The summed E-state index contributed by atoms with van der Waals surface area (Å²) in [4.78, 5) is 8.15. The highest BCUT2D eigenvalue weighted by Crippen LogP contribution is 2.06. The Kier molecular flexibility index (Phi) is 4.01. The largest absolute Gasteiger partial charge is 0.448 e. The van der Waals surface area contributed by atoms with Crippen LogP contribution in [-0.4, -0.2) is 16.4 Å². The molecule has 14 heavy (non-hydrogen) atoms. The SMILES string of the molecule is CSC(=NCc1ncoc1C)NC#N. The number of rotatable bonds is 2. The van der Waals surface area contributed by atoms with Gasteiger partial charge >= 0.3 is 0 Å². The summed E-state index contributed by atoms with van der Waals surface area (Å²) in [7, 11) is 0. The van der Waals surface area contributed by atoms with E-state index in [2.05, 4.69) is 15.3 Å². The first kappa shape index (κ1) is 10.6. The van der Waals surface area contributed by atoms with E-state index in [9.17, 15) is 0 Å². The summed E-state index contributed by atoms with van der Waals surface area (Å²) >= 11 is 1.38. The van der Waals surface area contributed by atoms with Gasteiger partial charge in [0.05, 0.1) is 6.54 Å². The van der Waals surface area contributed by atoms with Crippen molar-refractivity contribution >= 4 is 16.9 Å². The molecule has 0 aliphatic rings. The number of hydrogen-bond donors (Lipinski definition) is 1. The maximum atomic E-state index is 8.39. The van der Waals surface area contributed by atoms with Crippen LogP contribution in [0, 0.1) is 18.4 Å². The van der Waals surface area contributed by atoms with Crippen LogP contribution in [0.15, 0.2) is 15.8 Å². The molecule has 0 fully saturated rings. The van der Waals surface area contributed by atoms with Crippen LogP contribution in [0.4, 0.5) is 0 Å². The summed E-state index contributed by atoms with van der Waals surface area (Å²) in [6.45, 7) is 2.25. The van der Waals surface area contributed by atoms with E-state index < -0.39 is 0 Å². The lowest BCUT2D eigenvalue weighted by molar-refractivity contribution is 0.524. The zero-order chi connectivity index (χ0) is 10.4. The van der Waals surface area contributed by atoms with Crippen LogP contribution in [0.5, 0.6) is 0 Å². The van der Waals surface area contributed by atoms with E-state index in [4.69, 9.17) is 9.68 Å². The second-order valence-corrected chi connectivity index (χ2v) is 3.21. The van der Waals surface area contributed by atoms with E-state index >= 15 is 0 Å². The second kappa shape index (κ2) is 5.29. The highest BCUT2D eigenvalue weighted by molar-refractivity contribution is 8.13. The smallest absolute Gasteiger partial charge is 0.183 e. The van der Waals surface area contributed by atoms with Crippen LogP contribution in [0.3, 0.4) is 0 Å². The van der Waals surface area contributed by atoms with Crippen molar-refractivity contribution < 1.29 is 4.42 Å². The summed E-state index contributed by atoms with van der Waals surface area (Å²) in [6.07, 6.45) is 5.05. The molecule has 0 aliphatic carbocycles. The van der Waals surface area contributed by atoms with Crippen LogP contribution in [0.1, 0.15) is 11.5 Å². The molecule has 0 saturated heterocycles. The van der Waals surface area contributed by atoms with Crippen molar-refractivity contribution in [3.63, 3.8) is 0 Å². The van der Waals surface area contributed by atoms with Gasteiger partial charge in [0, 0.05) is 0 Å². The number of hydrogen-bond acceptors (Lipinski definition) is 5. The Morgan fingerprint density at radius 3 is 3.14 bits per heavy atom. The van der Waals surface area contributed by atoms with Crippen LogP contribution >= 0.6 is 11.8 Å². The molecule has 1 heterocycles. The second-order valence-electron chi connectivity index (χ2n) is 2.42. The van der Waals surface area contributed by atoms with Crippen LogP contribution in [0.25, 0.3) is 0 Å². The first-order valence-electron chi connectivity index (χ1n) is 3.90. The lowest BCUT2D eigenvalue weighted by atomic mass is 10.4. The molecular weight excluding hydrogens is 200 g/mol. The number of nitrogens with zero attached hydrogens (tertiary/aromatic N) is 3. The number of aryl methyl sites for hydroxylation is 1. The highest BCUT2D eigenvalue weighted by Gasteiger charge is 2.02. The zero-order valence-corrected chi connectivity index (χ0v) is 8.76. The molecule has 1 rings (SSSR count). The quantitative estimate of drug-likeness (QED) is 0.344. The molecule has 0 spiro atoms. The molecule has 5 nitrogen and oxygen atoms in total. The van der Waals surface area contributed by atoms with Gasteiger partial charge in [0.25, 0.3) is 0 Å². The fraction of sp³-hybridized carbons (Fsp3) is 0.375. The van der Waals surface area contributed by atoms with Gasteiger partial charge in [-0.25, -0.2) is 4.98 Å². The van der Waals surface area contributed by atoms with Gasteiger partial charge < -0.3 is 4.42 Å². The van der Waals surface area contributed by atoms with Crippen molar-refractivity contribution in [2.45, 2.75) is 13.5 Å². The Morgan fingerprint density at radius 1 is 1.86 bits per heavy atom. The molecule has 1 N–H and O–H groups in total. The molecule has 0 unspecified atom stereocenters. The standard InChI is InChI=1S/C8H10N4OS/c1-6-7(12-5-13-6)3-10-8(14-2)11-4-9/h5H,3H2,1-2H3,(H,10,11). The molecule has 6 heteroatoms. The first-order chi connectivity index (χ1) is 6.77. The molecule has 0 aromatic carbocycles. The highest BCUT2D eigenvalue weighted by atomic mass is 32.2. The van der Waals surface area contributed by atoms with Crippen LogP contribution in [0.2, 0.25) is 0 Å². The van der Waals surface area contributed by atoms with E-state index in [0.29, 0.717) is 11.7 Å². The molecule has 0 atom stereocenters. The molecule has 0 aliphatic heterocycles. The average Bonchev–Trinajstić information content (AvgIpc) is 2.59. The Labute approximate surface area is 86.2 Å². The first-order valence-corrected chi connectivity index (χ1v) is 5.13. The van der Waals surface area contributed by atoms with Crippen molar-refractivity contribution in [1.29, 1.82) is 5.26 Å². The Hall–Kier alpha value is -1.48. The number of aliphatic imine (C=N–C) groups is 1. The molecule has 1 aromatic heterocycles. The molecule has 1 aromatic rings. The summed E-state index contributed by atoms with van der Waals surface area (Å²) in [5.74, 6) is 0.756. The number of thioether (sulfide) groups is 1. The predicted octanol–water partition coefficient (Wildman–Crippen LogP) is 1.27. The third kappa shape index (κ3) is 2.78. The number of nitrogens with one attached hydrogen (secondary N) is 1. The van der Waals surface area contributed by atoms with Gasteiger partial charge in [-0.15, -0.1) is 0 Å². The van der Waals surface area contributed by atoms with E-state index in [0.717, 1.165) is 11.5 Å². The van der Waals surface area contributed by atoms with Gasteiger partial charge in [0.15, 0.2) is 17.8 Å². The topological polar surface area (TPSA) is 74.2 Å². The van der Waals surface area contributed by atoms with Gasteiger partial charge in [-0.1, -0.05) is 11.8 Å². The summed E-state index contributed by atoms with van der Waals surface area (Å²) in [5.41, 5.74) is 0.788. The normalized spacial score (nSPS) is 11.1. The van der Waals surface area contributed by atoms with E-state index in [1.807, 2.05) is 19.4 Å². The van der Waals surface area contributed by atoms with Gasteiger partial charge in [-0.05, 0) is 13.2 Å². The van der Waals surface area contributed by atoms with Crippen molar-refractivity contribution in [2.75, 3.05) is 6.26 Å². The lowest BCUT2D eigenvalue weighted by Gasteiger charge is -1.97. The summed E-state index contributed by atoms with van der Waals surface area (Å²) in [5, 5.41) is 11.4. The number of nitriles is 1. The van der Waals surface area contributed by atoms with E-state index in [-0.39, 0.29) is 0 Å². The van der Waals surface area contributed by atoms with E-state index in [1.54, 1.807) is 0 Å². The van der Waals surface area contributed by atoms with Crippen molar-refractivity contribution in [3.8, 4) is 6.19 Å². The van der Waals surface area contributed by atoms with Gasteiger partial charge in [-0.2, -0.15) is 5.26 Å². The van der Waals surface area contributed by atoms with Crippen molar-refractivity contribution in [1.82, 2.24) is 10.3 Å². The zero-order valence-electron chi connectivity index (χ0n) is 7.94. The van der Waals surface area contributed by atoms with Crippen molar-refractivity contribution in [3.05, 3.63) is 17.8 Å². The van der Waals surface area contributed by atoms with Gasteiger partial charge in [-0.3, -0.25) is 10.3 Å². The minimum atomic E-state index is 0.424. The monoisotopic (exact) mass is 210 g/mol. The molecule has 0 bridgehead atoms. The van der Waals surface area contributed by atoms with Crippen molar-refractivity contribution in [2.24, 2.45) is 4.99 Å². The summed E-state index contributed by atoms with van der Waals surface area (Å²) in [6, 6.07) is 0. The molecular formula is C8H10N4OS. The van der Waals surface area contributed by atoms with Gasteiger partial charge in [0.1, 0.15) is 11.5 Å². The fourth-order valence-electron chi connectivity index (χ4n) is 0.830. The number of amidine groups is 1. The van der Waals surface area contributed by atoms with E-state index in [1.165, 1.54) is 18.2 Å². The molecule has 0 saturated carbocycles. The molecule has 74 valence electrons. The molecule has 0 radical (unpaired) electrons. The maximum absolute atomic E-state index is 8.39. The molecule has 0 amide bonds. The number of oxazole rings is 1. The Morgan fingerprint density at radius 2 is 2.64 bits per heavy atom. The Balaban J connectivity index is 2.62. The van der Waals surface area contributed by atoms with Gasteiger partial charge in [0.2, 0.25) is 0 Å². The lowest BCUT2D eigenvalue weighted by Crippen LogP contribution is -2.13. The third-order valence-corrected chi connectivity index (χ3v) is 2.19. The number of aromatic nitrogens is 1. The third-order valence-electron chi connectivity index (χ3n) is 1.57. The summed E-state index contributed by atoms with van der Waals surface area (Å²) < 4.78 is 5.02. The fourth-order valence-corrected chi connectivity index (χ4v) is 1.17. The average molecular weight is 210 g/mol. The van der Waals surface area contributed by atoms with Crippen LogP contribution < -0.4 is 5.32 Å². The van der Waals surface area contributed by atoms with Crippen LogP contribution in [-0.2, 0) is 6.54 Å². The minimum absolute atomic E-state index is 0.424. The Bertz CT molecular complexity index is 366. The maximum Gasteiger partial charge on any atom is 0.183 e.